The highest BCUT2D eigenvalue weighted by atomic mass is 32.2. The van der Waals surface area contributed by atoms with Gasteiger partial charge in [-0.3, -0.25) is 4.79 Å². The molecule has 3 nitrogen and oxygen atoms in total. The summed E-state index contributed by atoms with van der Waals surface area (Å²) in [5.41, 5.74) is 3.49. The Labute approximate surface area is 117 Å². The van der Waals surface area contributed by atoms with Crippen LogP contribution in [-0.2, 0) is 0 Å². The molecular weight excluding hydrogens is 256 g/mol. The van der Waals surface area contributed by atoms with Crippen LogP contribution in [-0.4, -0.2) is 12.2 Å². The zero-order valence-corrected chi connectivity index (χ0v) is 11.8. The largest absolute Gasteiger partial charge is 0.330 e. The molecule has 0 fully saturated rings. The van der Waals surface area contributed by atoms with Gasteiger partial charge in [-0.1, -0.05) is 30.1 Å². The van der Waals surface area contributed by atoms with Crippen LogP contribution >= 0.6 is 11.9 Å². The van der Waals surface area contributed by atoms with Gasteiger partial charge >= 0.3 is 0 Å². The number of anilines is 2. The van der Waals surface area contributed by atoms with E-state index in [-0.39, 0.29) is 5.91 Å². The zero-order valence-electron chi connectivity index (χ0n) is 10.9. The standard InChI is InChI=1S/C15H16N2OS/c1-11-5-3-7-13(9-11)16-15(18)12-6-4-8-14(10-12)17-19-2/h3-10,17H,1-2H3,(H,16,18). The average molecular weight is 272 g/mol. The second-order valence-corrected chi connectivity index (χ2v) is 4.82. The van der Waals surface area contributed by atoms with E-state index in [0.29, 0.717) is 5.56 Å². The van der Waals surface area contributed by atoms with Crippen LogP contribution in [0.5, 0.6) is 0 Å². The maximum Gasteiger partial charge on any atom is 0.255 e. The molecule has 4 heteroatoms. The Bertz CT molecular complexity index is 584. The fraction of sp³-hybridized carbons (Fsp3) is 0.133. The van der Waals surface area contributed by atoms with E-state index in [1.165, 1.54) is 11.9 Å². The SMILES string of the molecule is CSNc1cccc(C(=O)Nc2cccc(C)c2)c1. The topological polar surface area (TPSA) is 41.1 Å². The van der Waals surface area contributed by atoms with Crippen molar-refractivity contribution in [2.45, 2.75) is 6.92 Å². The minimum atomic E-state index is -0.102. The lowest BCUT2D eigenvalue weighted by molar-refractivity contribution is 0.102. The van der Waals surface area contributed by atoms with E-state index in [0.717, 1.165) is 16.9 Å². The first kappa shape index (κ1) is 13.5. The van der Waals surface area contributed by atoms with Crippen LogP contribution in [0, 0.1) is 6.92 Å². The summed E-state index contributed by atoms with van der Waals surface area (Å²) in [7, 11) is 0. The number of hydrogen-bond acceptors (Lipinski definition) is 3. The minimum Gasteiger partial charge on any atom is -0.330 e. The Hall–Kier alpha value is -1.94. The fourth-order valence-corrected chi connectivity index (χ4v) is 2.13. The Morgan fingerprint density at radius 1 is 1.05 bits per heavy atom. The van der Waals surface area contributed by atoms with E-state index in [4.69, 9.17) is 0 Å². The van der Waals surface area contributed by atoms with E-state index < -0.39 is 0 Å². The molecule has 2 aromatic rings. The van der Waals surface area contributed by atoms with Gasteiger partial charge in [-0.25, -0.2) is 0 Å². The third kappa shape index (κ3) is 3.76. The second kappa shape index (κ2) is 6.29. The molecule has 0 bridgehead atoms. The summed E-state index contributed by atoms with van der Waals surface area (Å²) in [6.45, 7) is 2.00. The van der Waals surface area contributed by atoms with Gasteiger partial charge < -0.3 is 10.0 Å². The van der Waals surface area contributed by atoms with Crippen LogP contribution in [0.2, 0.25) is 0 Å². The molecule has 19 heavy (non-hydrogen) atoms. The maximum absolute atomic E-state index is 12.1. The van der Waals surface area contributed by atoms with Crippen molar-refractivity contribution in [3.05, 3.63) is 59.7 Å². The molecule has 0 atom stereocenters. The van der Waals surface area contributed by atoms with Crippen molar-refractivity contribution in [3.8, 4) is 0 Å². The smallest absolute Gasteiger partial charge is 0.255 e. The van der Waals surface area contributed by atoms with E-state index in [1.54, 1.807) is 6.07 Å². The third-order valence-corrected chi connectivity index (χ3v) is 3.06. The molecule has 0 aromatic heterocycles. The Morgan fingerprint density at radius 3 is 2.53 bits per heavy atom. The molecule has 0 radical (unpaired) electrons. The van der Waals surface area contributed by atoms with Crippen LogP contribution in [0.25, 0.3) is 0 Å². The quantitative estimate of drug-likeness (QED) is 0.828. The van der Waals surface area contributed by atoms with Crippen molar-refractivity contribution < 1.29 is 4.79 Å². The molecule has 1 amide bonds. The number of benzene rings is 2. The Kier molecular flexibility index (Phi) is 4.47. The second-order valence-electron chi connectivity index (χ2n) is 4.21. The lowest BCUT2D eigenvalue weighted by atomic mass is 10.1. The molecule has 0 aliphatic heterocycles. The first-order valence-electron chi connectivity index (χ1n) is 5.96. The monoisotopic (exact) mass is 272 g/mol. The lowest BCUT2D eigenvalue weighted by Gasteiger charge is -2.08. The van der Waals surface area contributed by atoms with Gasteiger partial charge in [0.05, 0.1) is 0 Å². The number of hydrogen-bond donors (Lipinski definition) is 2. The average Bonchev–Trinajstić information content (AvgIpc) is 2.39. The summed E-state index contributed by atoms with van der Waals surface area (Å²) in [6.07, 6.45) is 1.94. The van der Waals surface area contributed by atoms with Crippen molar-refractivity contribution in [2.75, 3.05) is 16.3 Å². The molecule has 0 unspecified atom stereocenters. The van der Waals surface area contributed by atoms with Gasteiger partial charge in [-0.05, 0) is 42.8 Å². The number of carbonyl (C=O) groups excluding carboxylic acids is 1. The molecule has 2 rings (SSSR count). The lowest BCUT2D eigenvalue weighted by Crippen LogP contribution is -2.12. The summed E-state index contributed by atoms with van der Waals surface area (Å²) in [4.78, 5) is 12.1. The number of carbonyl (C=O) groups is 1. The zero-order chi connectivity index (χ0) is 13.7. The molecular formula is C15H16N2OS. The molecule has 0 heterocycles. The number of nitrogens with one attached hydrogen (secondary N) is 2. The number of amides is 1. The normalized spacial score (nSPS) is 10.0. The van der Waals surface area contributed by atoms with Gasteiger partial charge in [0.25, 0.3) is 5.91 Å². The van der Waals surface area contributed by atoms with Gasteiger partial charge in [-0.2, -0.15) is 0 Å². The van der Waals surface area contributed by atoms with Crippen LogP contribution < -0.4 is 10.0 Å². The highest BCUT2D eigenvalue weighted by molar-refractivity contribution is 7.99. The third-order valence-electron chi connectivity index (χ3n) is 2.62. The summed E-state index contributed by atoms with van der Waals surface area (Å²) >= 11 is 1.50. The molecule has 0 saturated carbocycles. The number of rotatable bonds is 4. The van der Waals surface area contributed by atoms with Gasteiger partial charge in [0.15, 0.2) is 0 Å². The predicted molar refractivity (Wildman–Crippen MR) is 82.7 cm³/mol. The van der Waals surface area contributed by atoms with Gasteiger partial charge in [-0.15, -0.1) is 0 Å². The summed E-state index contributed by atoms with van der Waals surface area (Å²) in [5.74, 6) is -0.102. The van der Waals surface area contributed by atoms with Crippen LogP contribution in [0.1, 0.15) is 15.9 Å². The first-order valence-corrected chi connectivity index (χ1v) is 7.18. The Balaban J connectivity index is 2.13. The van der Waals surface area contributed by atoms with E-state index in [1.807, 2.05) is 55.6 Å². The molecule has 2 N–H and O–H groups in total. The minimum absolute atomic E-state index is 0.102. The van der Waals surface area contributed by atoms with Crippen molar-refractivity contribution in [3.63, 3.8) is 0 Å². The first-order chi connectivity index (χ1) is 9.19. The molecule has 0 saturated heterocycles. The summed E-state index contributed by atoms with van der Waals surface area (Å²) in [5, 5.41) is 2.89. The fourth-order valence-electron chi connectivity index (χ4n) is 1.77. The molecule has 0 aliphatic rings. The van der Waals surface area contributed by atoms with E-state index >= 15 is 0 Å². The predicted octanol–water partition coefficient (Wildman–Crippen LogP) is 3.94. The van der Waals surface area contributed by atoms with Gasteiger partial charge in [0, 0.05) is 23.2 Å². The maximum atomic E-state index is 12.1. The Morgan fingerprint density at radius 2 is 1.79 bits per heavy atom. The van der Waals surface area contributed by atoms with Crippen LogP contribution in [0.15, 0.2) is 48.5 Å². The van der Waals surface area contributed by atoms with Gasteiger partial charge in [0.2, 0.25) is 0 Å². The van der Waals surface area contributed by atoms with Crippen LogP contribution in [0.3, 0.4) is 0 Å². The molecule has 98 valence electrons. The van der Waals surface area contributed by atoms with Crippen molar-refractivity contribution in [2.24, 2.45) is 0 Å². The summed E-state index contributed by atoms with van der Waals surface area (Å²) < 4.78 is 3.11. The van der Waals surface area contributed by atoms with Crippen LogP contribution in [0.4, 0.5) is 11.4 Å². The van der Waals surface area contributed by atoms with Crippen molar-refractivity contribution >= 4 is 29.2 Å². The van der Waals surface area contributed by atoms with Crippen molar-refractivity contribution in [1.29, 1.82) is 0 Å². The van der Waals surface area contributed by atoms with Gasteiger partial charge in [0.1, 0.15) is 0 Å². The highest BCUT2D eigenvalue weighted by Gasteiger charge is 2.06. The summed E-state index contributed by atoms with van der Waals surface area (Å²) in [6, 6.07) is 15.2. The highest BCUT2D eigenvalue weighted by Crippen LogP contribution is 2.16. The number of aryl methyl sites for hydroxylation is 1. The van der Waals surface area contributed by atoms with E-state index in [9.17, 15) is 4.79 Å². The molecule has 0 aliphatic carbocycles. The van der Waals surface area contributed by atoms with E-state index in [2.05, 4.69) is 10.0 Å². The molecule has 0 spiro atoms. The molecule has 2 aromatic carbocycles. The van der Waals surface area contributed by atoms with Crippen molar-refractivity contribution in [1.82, 2.24) is 0 Å².